The van der Waals surface area contributed by atoms with Crippen molar-refractivity contribution in [3.8, 4) is 0 Å². The number of rotatable bonds is 5. The molecule has 2 aliphatic heterocycles. The van der Waals surface area contributed by atoms with Crippen molar-refractivity contribution in [2.24, 2.45) is 4.99 Å². The number of sulfonamides is 1. The Morgan fingerprint density at radius 1 is 1.17 bits per heavy atom. The number of ether oxygens (including phenoxy) is 1. The van der Waals surface area contributed by atoms with Crippen LogP contribution in [0.3, 0.4) is 0 Å². The van der Waals surface area contributed by atoms with E-state index in [0.717, 1.165) is 17.7 Å². The van der Waals surface area contributed by atoms with Crippen molar-refractivity contribution in [3.05, 3.63) is 59.7 Å². The molecule has 0 saturated heterocycles. The zero-order valence-electron chi connectivity index (χ0n) is 16.4. The number of anilines is 1. The van der Waals surface area contributed by atoms with Crippen LogP contribution in [0.2, 0.25) is 0 Å². The third kappa shape index (κ3) is 3.80. The smallest absolute Gasteiger partial charge is 0.308 e. The van der Waals surface area contributed by atoms with Crippen molar-refractivity contribution in [3.63, 3.8) is 0 Å². The number of para-hydroxylation sites is 1. The summed E-state index contributed by atoms with van der Waals surface area (Å²) in [4.78, 5) is 30.8. The molecule has 0 bridgehead atoms. The Bertz CT molecular complexity index is 1140. The Hall–Kier alpha value is -3.20. The summed E-state index contributed by atoms with van der Waals surface area (Å²) in [5.41, 5.74) is 2.42. The van der Waals surface area contributed by atoms with Gasteiger partial charge in [-0.1, -0.05) is 30.3 Å². The molecule has 0 aliphatic carbocycles. The van der Waals surface area contributed by atoms with E-state index in [1.807, 2.05) is 24.3 Å². The van der Waals surface area contributed by atoms with Crippen LogP contribution in [-0.2, 0) is 30.8 Å². The topological polar surface area (TPSA) is 105 Å². The Labute approximate surface area is 174 Å². The maximum absolute atomic E-state index is 12.7. The molecule has 1 amide bonds. The summed E-state index contributed by atoms with van der Waals surface area (Å²) in [6, 6.07) is 14.2. The van der Waals surface area contributed by atoms with Crippen LogP contribution in [0.1, 0.15) is 24.5 Å². The number of amidine groups is 1. The second-order valence-electron chi connectivity index (χ2n) is 7.08. The molecule has 2 aromatic carbocycles. The second-order valence-corrected chi connectivity index (χ2v) is 8.73. The molecule has 0 saturated carbocycles. The van der Waals surface area contributed by atoms with Crippen molar-refractivity contribution in [1.82, 2.24) is 4.72 Å². The van der Waals surface area contributed by atoms with Crippen LogP contribution in [0.5, 0.6) is 0 Å². The minimum atomic E-state index is -3.62. The van der Waals surface area contributed by atoms with Crippen molar-refractivity contribution in [2.75, 3.05) is 18.0 Å². The van der Waals surface area contributed by atoms with Gasteiger partial charge in [-0.25, -0.2) is 8.42 Å². The molecule has 1 N–H and O–H groups in total. The lowest BCUT2D eigenvalue weighted by Gasteiger charge is -2.21. The molecule has 0 radical (unpaired) electrons. The number of nitrogens with zero attached hydrogens (tertiary/aromatic N) is 2. The van der Waals surface area contributed by atoms with Gasteiger partial charge >= 0.3 is 5.97 Å². The summed E-state index contributed by atoms with van der Waals surface area (Å²) in [7, 11) is -3.62. The summed E-state index contributed by atoms with van der Waals surface area (Å²) >= 11 is 0. The van der Waals surface area contributed by atoms with E-state index in [2.05, 4.69) is 9.71 Å². The molecule has 1 atom stereocenters. The van der Waals surface area contributed by atoms with E-state index in [0.29, 0.717) is 12.1 Å². The lowest BCUT2D eigenvalue weighted by Crippen LogP contribution is -2.39. The SMILES string of the molecule is C[C@@H](OC(=O)CCN=C1NS(=O)(=O)c2ccccc21)C(=O)N1CCc2ccccc21. The van der Waals surface area contributed by atoms with Gasteiger partial charge in [-0.3, -0.25) is 19.3 Å². The highest BCUT2D eigenvalue weighted by molar-refractivity contribution is 7.90. The first-order chi connectivity index (χ1) is 14.4. The van der Waals surface area contributed by atoms with Crippen LogP contribution < -0.4 is 9.62 Å². The van der Waals surface area contributed by atoms with Crippen LogP contribution in [0.15, 0.2) is 58.4 Å². The predicted octanol–water partition coefficient (Wildman–Crippen LogP) is 1.64. The third-order valence-electron chi connectivity index (χ3n) is 5.06. The fourth-order valence-corrected chi connectivity index (χ4v) is 4.85. The Morgan fingerprint density at radius 2 is 1.90 bits per heavy atom. The monoisotopic (exact) mass is 427 g/mol. The summed E-state index contributed by atoms with van der Waals surface area (Å²) in [6.45, 7) is 2.15. The number of hydrogen-bond donors (Lipinski definition) is 1. The zero-order chi connectivity index (χ0) is 21.3. The van der Waals surface area contributed by atoms with Crippen molar-refractivity contribution < 1.29 is 22.7 Å². The van der Waals surface area contributed by atoms with E-state index in [1.54, 1.807) is 30.0 Å². The fourth-order valence-electron chi connectivity index (χ4n) is 3.60. The van der Waals surface area contributed by atoms with Gasteiger partial charge in [-0.05, 0) is 37.1 Å². The Kier molecular flexibility index (Phi) is 5.29. The summed E-state index contributed by atoms with van der Waals surface area (Å²) in [5.74, 6) is -0.630. The van der Waals surface area contributed by atoms with E-state index in [9.17, 15) is 18.0 Å². The first-order valence-electron chi connectivity index (χ1n) is 9.62. The quantitative estimate of drug-likeness (QED) is 0.731. The van der Waals surface area contributed by atoms with Crippen LogP contribution in [-0.4, -0.2) is 45.3 Å². The number of aliphatic imine (C=N–C) groups is 1. The van der Waals surface area contributed by atoms with Crippen molar-refractivity contribution in [1.29, 1.82) is 0 Å². The van der Waals surface area contributed by atoms with E-state index in [4.69, 9.17) is 4.74 Å². The molecule has 2 heterocycles. The molecule has 8 nitrogen and oxygen atoms in total. The lowest BCUT2D eigenvalue weighted by molar-refractivity contribution is -0.153. The summed E-state index contributed by atoms with van der Waals surface area (Å²) in [5, 5.41) is 0. The molecule has 30 heavy (non-hydrogen) atoms. The van der Waals surface area contributed by atoms with Gasteiger partial charge in [0, 0.05) is 17.8 Å². The summed E-state index contributed by atoms with van der Waals surface area (Å²) in [6.07, 6.45) is -0.207. The molecule has 0 spiro atoms. The minimum Gasteiger partial charge on any atom is -0.452 e. The largest absolute Gasteiger partial charge is 0.452 e. The molecular weight excluding hydrogens is 406 g/mol. The molecular formula is C21H21N3O5S. The molecule has 2 aliphatic rings. The molecule has 0 fully saturated rings. The zero-order valence-corrected chi connectivity index (χ0v) is 17.2. The van der Waals surface area contributed by atoms with Gasteiger partial charge in [-0.15, -0.1) is 0 Å². The number of carbonyl (C=O) groups excluding carboxylic acids is 2. The fraction of sp³-hybridized carbons (Fsp3) is 0.286. The van der Waals surface area contributed by atoms with Gasteiger partial charge in [0.2, 0.25) is 0 Å². The number of amides is 1. The van der Waals surface area contributed by atoms with E-state index in [1.165, 1.54) is 6.07 Å². The molecule has 0 unspecified atom stereocenters. The molecule has 9 heteroatoms. The van der Waals surface area contributed by atoms with Crippen LogP contribution in [0.25, 0.3) is 0 Å². The van der Waals surface area contributed by atoms with Crippen LogP contribution in [0, 0.1) is 0 Å². The van der Waals surface area contributed by atoms with Gasteiger partial charge in [0.1, 0.15) is 5.84 Å². The normalized spacial score (nSPS) is 18.4. The van der Waals surface area contributed by atoms with E-state index < -0.39 is 22.1 Å². The highest BCUT2D eigenvalue weighted by Crippen LogP contribution is 2.28. The van der Waals surface area contributed by atoms with Crippen molar-refractivity contribution in [2.45, 2.75) is 30.8 Å². The van der Waals surface area contributed by atoms with E-state index in [-0.39, 0.29) is 29.6 Å². The maximum Gasteiger partial charge on any atom is 0.308 e. The Balaban J connectivity index is 1.34. The second kappa shape index (κ2) is 7.91. The number of fused-ring (bicyclic) bond motifs is 2. The highest BCUT2D eigenvalue weighted by Gasteiger charge is 2.31. The summed E-state index contributed by atoms with van der Waals surface area (Å²) < 4.78 is 31.8. The van der Waals surface area contributed by atoms with Gasteiger partial charge in [0.15, 0.2) is 6.10 Å². The standard InChI is InChI=1S/C21H21N3O5S/c1-14(21(26)24-13-11-15-6-2-4-8-17(15)24)29-19(25)10-12-22-20-16-7-3-5-9-18(16)30(27,28)23-20/h2-9,14H,10-13H2,1H3,(H,22,23)/t14-/m1/s1. The van der Waals surface area contributed by atoms with Gasteiger partial charge in [0.25, 0.3) is 15.9 Å². The maximum atomic E-state index is 12.7. The molecule has 0 aromatic heterocycles. The average Bonchev–Trinajstić information content (AvgIpc) is 3.26. The van der Waals surface area contributed by atoms with Gasteiger partial charge < -0.3 is 9.64 Å². The highest BCUT2D eigenvalue weighted by atomic mass is 32.2. The molecule has 4 rings (SSSR count). The number of benzene rings is 2. The first kappa shape index (κ1) is 20.1. The van der Waals surface area contributed by atoms with Crippen LogP contribution >= 0.6 is 0 Å². The van der Waals surface area contributed by atoms with Crippen molar-refractivity contribution >= 4 is 33.4 Å². The first-order valence-corrected chi connectivity index (χ1v) is 11.1. The average molecular weight is 427 g/mol. The Morgan fingerprint density at radius 3 is 2.73 bits per heavy atom. The predicted molar refractivity (Wildman–Crippen MR) is 111 cm³/mol. The van der Waals surface area contributed by atoms with Gasteiger partial charge in [-0.2, -0.15) is 0 Å². The number of hydrogen-bond acceptors (Lipinski definition) is 6. The lowest BCUT2D eigenvalue weighted by atomic mass is 10.2. The third-order valence-corrected chi connectivity index (χ3v) is 6.45. The molecule has 2 aromatic rings. The van der Waals surface area contributed by atoms with E-state index >= 15 is 0 Å². The number of carbonyl (C=O) groups is 2. The number of nitrogens with one attached hydrogen (secondary N) is 1. The molecule has 156 valence electrons. The number of esters is 1. The minimum absolute atomic E-state index is 0.0402. The van der Waals surface area contributed by atoms with Gasteiger partial charge in [0.05, 0.1) is 17.9 Å². The van der Waals surface area contributed by atoms with Crippen LogP contribution in [0.4, 0.5) is 5.69 Å².